The van der Waals surface area contributed by atoms with Crippen LogP contribution in [0.15, 0.2) is 36.9 Å². The SMILES string of the molecule is CCC(Nc1ccncc1)c1ncc[nH]1. The van der Waals surface area contributed by atoms with Crippen LogP contribution in [0.25, 0.3) is 0 Å². The van der Waals surface area contributed by atoms with E-state index in [1.54, 1.807) is 18.6 Å². The van der Waals surface area contributed by atoms with Gasteiger partial charge in [0.1, 0.15) is 5.82 Å². The van der Waals surface area contributed by atoms with E-state index >= 15 is 0 Å². The van der Waals surface area contributed by atoms with Crippen LogP contribution in [0.3, 0.4) is 0 Å². The van der Waals surface area contributed by atoms with Crippen molar-refractivity contribution in [1.82, 2.24) is 15.0 Å². The predicted octanol–water partition coefficient (Wildman–Crippen LogP) is 2.37. The molecule has 0 saturated carbocycles. The Labute approximate surface area is 88.8 Å². The van der Waals surface area contributed by atoms with Gasteiger partial charge in [0.05, 0.1) is 6.04 Å². The van der Waals surface area contributed by atoms with Crippen LogP contribution in [0, 0.1) is 0 Å². The molecule has 2 heterocycles. The molecule has 1 unspecified atom stereocenters. The van der Waals surface area contributed by atoms with Gasteiger partial charge in [-0.3, -0.25) is 4.98 Å². The zero-order chi connectivity index (χ0) is 10.5. The molecule has 0 radical (unpaired) electrons. The van der Waals surface area contributed by atoms with Crippen molar-refractivity contribution >= 4 is 5.69 Å². The molecule has 2 rings (SSSR count). The largest absolute Gasteiger partial charge is 0.375 e. The maximum absolute atomic E-state index is 4.25. The van der Waals surface area contributed by atoms with Crippen molar-refractivity contribution in [3.63, 3.8) is 0 Å². The number of aromatic amines is 1. The molecule has 2 N–H and O–H groups in total. The van der Waals surface area contributed by atoms with Gasteiger partial charge in [-0.1, -0.05) is 6.92 Å². The lowest BCUT2D eigenvalue weighted by molar-refractivity contribution is 0.704. The molecule has 0 aliphatic carbocycles. The van der Waals surface area contributed by atoms with E-state index in [1.165, 1.54) is 0 Å². The van der Waals surface area contributed by atoms with Crippen molar-refractivity contribution in [2.75, 3.05) is 5.32 Å². The highest BCUT2D eigenvalue weighted by Gasteiger charge is 2.10. The van der Waals surface area contributed by atoms with E-state index in [0.29, 0.717) is 0 Å². The van der Waals surface area contributed by atoms with E-state index in [1.807, 2.05) is 18.3 Å². The summed E-state index contributed by atoms with van der Waals surface area (Å²) in [4.78, 5) is 11.3. The second-order valence-corrected chi connectivity index (χ2v) is 3.32. The number of hydrogen-bond donors (Lipinski definition) is 2. The average Bonchev–Trinajstić information content (AvgIpc) is 2.81. The number of anilines is 1. The fourth-order valence-corrected chi connectivity index (χ4v) is 1.48. The summed E-state index contributed by atoms with van der Waals surface area (Å²) in [5.74, 6) is 0.967. The minimum Gasteiger partial charge on any atom is -0.375 e. The van der Waals surface area contributed by atoms with E-state index in [4.69, 9.17) is 0 Å². The number of nitrogens with one attached hydrogen (secondary N) is 2. The van der Waals surface area contributed by atoms with Gasteiger partial charge in [-0.2, -0.15) is 0 Å². The third-order valence-corrected chi connectivity index (χ3v) is 2.28. The van der Waals surface area contributed by atoms with Crippen molar-refractivity contribution < 1.29 is 0 Å². The Kier molecular flexibility index (Phi) is 2.97. The lowest BCUT2D eigenvalue weighted by atomic mass is 10.2. The minimum absolute atomic E-state index is 0.224. The van der Waals surface area contributed by atoms with Crippen LogP contribution >= 0.6 is 0 Å². The van der Waals surface area contributed by atoms with Crippen LogP contribution in [-0.2, 0) is 0 Å². The van der Waals surface area contributed by atoms with Crippen LogP contribution in [0.1, 0.15) is 25.2 Å². The maximum Gasteiger partial charge on any atom is 0.128 e. The summed E-state index contributed by atoms with van der Waals surface area (Å²) in [6, 6.07) is 4.12. The highest BCUT2D eigenvalue weighted by atomic mass is 15.0. The van der Waals surface area contributed by atoms with E-state index in [-0.39, 0.29) is 6.04 Å². The van der Waals surface area contributed by atoms with E-state index in [2.05, 4.69) is 27.2 Å². The van der Waals surface area contributed by atoms with E-state index in [9.17, 15) is 0 Å². The molecule has 0 fully saturated rings. The van der Waals surface area contributed by atoms with Crippen molar-refractivity contribution in [2.24, 2.45) is 0 Å². The molecule has 78 valence electrons. The van der Waals surface area contributed by atoms with Crippen LogP contribution in [0.4, 0.5) is 5.69 Å². The Bertz CT molecular complexity index is 382. The van der Waals surface area contributed by atoms with Gasteiger partial charge in [-0.05, 0) is 18.6 Å². The monoisotopic (exact) mass is 202 g/mol. The van der Waals surface area contributed by atoms with Crippen LogP contribution < -0.4 is 5.32 Å². The molecule has 1 atom stereocenters. The first-order valence-corrected chi connectivity index (χ1v) is 5.06. The van der Waals surface area contributed by atoms with Crippen LogP contribution in [-0.4, -0.2) is 15.0 Å². The molecule has 15 heavy (non-hydrogen) atoms. The molecule has 0 bridgehead atoms. The fourth-order valence-electron chi connectivity index (χ4n) is 1.48. The molecule has 0 saturated heterocycles. The summed E-state index contributed by atoms with van der Waals surface area (Å²) in [6.45, 7) is 2.13. The van der Waals surface area contributed by atoms with Gasteiger partial charge >= 0.3 is 0 Å². The highest BCUT2D eigenvalue weighted by molar-refractivity contribution is 5.42. The quantitative estimate of drug-likeness (QED) is 0.800. The highest BCUT2D eigenvalue weighted by Crippen LogP contribution is 2.18. The third kappa shape index (κ3) is 2.34. The normalized spacial score (nSPS) is 12.3. The Balaban J connectivity index is 2.10. The standard InChI is InChI=1S/C11H14N4/c1-2-10(11-13-7-8-14-11)15-9-3-5-12-6-4-9/h3-8,10H,2H2,1H3,(H,12,15)(H,13,14). The molecular weight excluding hydrogens is 188 g/mol. The Morgan fingerprint density at radius 2 is 2.13 bits per heavy atom. The summed E-state index contributed by atoms with van der Waals surface area (Å²) in [6.07, 6.45) is 8.14. The third-order valence-electron chi connectivity index (χ3n) is 2.28. The average molecular weight is 202 g/mol. The lowest BCUT2D eigenvalue weighted by Crippen LogP contribution is -2.11. The molecule has 0 spiro atoms. The topological polar surface area (TPSA) is 53.6 Å². The second-order valence-electron chi connectivity index (χ2n) is 3.32. The van der Waals surface area contributed by atoms with Crippen molar-refractivity contribution in [1.29, 1.82) is 0 Å². The smallest absolute Gasteiger partial charge is 0.128 e. The molecule has 0 aliphatic rings. The molecule has 2 aromatic rings. The van der Waals surface area contributed by atoms with Crippen LogP contribution in [0.5, 0.6) is 0 Å². The van der Waals surface area contributed by atoms with Crippen molar-refractivity contribution in [2.45, 2.75) is 19.4 Å². The fraction of sp³-hybridized carbons (Fsp3) is 0.273. The summed E-state index contributed by atoms with van der Waals surface area (Å²) in [5.41, 5.74) is 1.06. The molecule has 2 aromatic heterocycles. The maximum atomic E-state index is 4.25. The number of H-pyrrole nitrogens is 1. The number of nitrogens with zero attached hydrogens (tertiary/aromatic N) is 2. The summed E-state index contributed by atoms with van der Waals surface area (Å²) < 4.78 is 0. The zero-order valence-corrected chi connectivity index (χ0v) is 8.64. The van der Waals surface area contributed by atoms with Gasteiger partial charge in [0.2, 0.25) is 0 Å². The van der Waals surface area contributed by atoms with Gasteiger partial charge in [0.15, 0.2) is 0 Å². The first-order chi connectivity index (χ1) is 7.40. The molecule has 4 nitrogen and oxygen atoms in total. The van der Waals surface area contributed by atoms with Crippen molar-refractivity contribution in [3.8, 4) is 0 Å². The summed E-state index contributed by atoms with van der Waals surface area (Å²) in [5, 5.41) is 3.40. The Hall–Kier alpha value is -1.84. The molecule has 0 amide bonds. The lowest BCUT2D eigenvalue weighted by Gasteiger charge is -2.15. The zero-order valence-electron chi connectivity index (χ0n) is 8.64. The Morgan fingerprint density at radius 3 is 2.73 bits per heavy atom. The number of hydrogen-bond acceptors (Lipinski definition) is 3. The first-order valence-electron chi connectivity index (χ1n) is 5.06. The molecule has 0 aromatic carbocycles. The van der Waals surface area contributed by atoms with Gasteiger partial charge in [-0.15, -0.1) is 0 Å². The van der Waals surface area contributed by atoms with E-state index < -0.39 is 0 Å². The molecule has 4 heteroatoms. The second kappa shape index (κ2) is 4.59. The molecule has 0 aliphatic heterocycles. The number of aromatic nitrogens is 3. The van der Waals surface area contributed by atoms with Crippen LogP contribution in [0.2, 0.25) is 0 Å². The minimum atomic E-state index is 0.224. The van der Waals surface area contributed by atoms with E-state index in [0.717, 1.165) is 17.9 Å². The van der Waals surface area contributed by atoms with Gasteiger partial charge in [-0.25, -0.2) is 4.98 Å². The predicted molar refractivity (Wildman–Crippen MR) is 59.5 cm³/mol. The van der Waals surface area contributed by atoms with Gasteiger partial charge in [0, 0.05) is 30.5 Å². The Morgan fingerprint density at radius 1 is 1.33 bits per heavy atom. The van der Waals surface area contributed by atoms with Gasteiger partial charge in [0.25, 0.3) is 0 Å². The number of rotatable bonds is 4. The number of pyridine rings is 1. The van der Waals surface area contributed by atoms with Crippen molar-refractivity contribution in [3.05, 3.63) is 42.7 Å². The summed E-state index contributed by atoms with van der Waals surface area (Å²) >= 11 is 0. The first kappa shape index (κ1) is 9.71. The number of imidazole rings is 1. The van der Waals surface area contributed by atoms with Gasteiger partial charge < -0.3 is 10.3 Å². The summed E-state index contributed by atoms with van der Waals surface area (Å²) in [7, 11) is 0. The molecular formula is C11H14N4.